The average Bonchev–Trinajstić information content (AvgIpc) is 2.43. The Bertz CT molecular complexity index is 687. The maximum absolute atomic E-state index is 11.8. The van der Waals surface area contributed by atoms with Crippen LogP contribution >= 0.6 is 12.2 Å². The molecular formula is C14H18N2O5S. The summed E-state index contributed by atoms with van der Waals surface area (Å²) in [5, 5.41) is 0. The Hall–Kier alpha value is -2.22. The van der Waals surface area contributed by atoms with Gasteiger partial charge < -0.3 is 14.5 Å². The highest BCUT2D eigenvalue weighted by atomic mass is 32.1. The summed E-state index contributed by atoms with van der Waals surface area (Å²) in [6.45, 7) is 5.32. The Morgan fingerprint density at radius 2 is 1.95 bits per heavy atom. The third-order valence-corrected chi connectivity index (χ3v) is 2.76. The fraction of sp³-hybridized carbons (Fsp3) is 0.429. The second-order valence-corrected chi connectivity index (χ2v) is 5.74. The monoisotopic (exact) mass is 326 g/mol. The molecule has 0 atom stereocenters. The minimum absolute atomic E-state index is 0.00990. The lowest BCUT2D eigenvalue weighted by molar-refractivity contribution is -0.141. The number of nitrogens with one attached hydrogen (secondary N) is 2. The van der Waals surface area contributed by atoms with E-state index in [0.29, 0.717) is 0 Å². The largest absolute Gasteiger partial charge is 0.462 e. The van der Waals surface area contributed by atoms with Gasteiger partial charge in [-0.25, -0.2) is 9.59 Å². The predicted molar refractivity (Wildman–Crippen MR) is 82.1 cm³/mol. The number of carbonyl (C=O) groups is 2. The molecule has 1 rings (SSSR count). The molecule has 1 aromatic rings. The van der Waals surface area contributed by atoms with Crippen LogP contribution in [0.2, 0.25) is 0 Å². The first kappa shape index (κ1) is 17.8. The van der Waals surface area contributed by atoms with Gasteiger partial charge in [-0.2, -0.15) is 0 Å². The van der Waals surface area contributed by atoms with Gasteiger partial charge in [0.15, 0.2) is 4.77 Å². The van der Waals surface area contributed by atoms with Gasteiger partial charge in [0.25, 0.3) is 5.56 Å². The van der Waals surface area contributed by atoms with E-state index < -0.39 is 22.9 Å². The zero-order valence-corrected chi connectivity index (χ0v) is 13.4. The predicted octanol–water partition coefficient (Wildman–Crippen LogP) is 1.73. The first-order chi connectivity index (χ1) is 10.2. The maximum atomic E-state index is 11.8. The van der Waals surface area contributed by atoms with Crippen molar-refractivity contribution in [2.45, 2.75) is 20.8 Å². The van der Waals surface area contributed by atoms with Gasteiger partial charge in [0, 0.05) is 17.7 Å². The molecule has 7 nitrogen and oxygen atoms in total. The number of carbonyl (C=O) groups excluding carboxylic acids is 2. The Kier molecular flexibility index (Phi) is 6.24. The van der Waals surface area contributed by atoms with Crippen molar-refractivity contribution < 1.29 is 19.1 Å². The summed E-state index contributed by atoms with van der Waals surface area (Å²) in [6.07, 6.45) is 4.07. The van der Waals surface area contributed by atoms with Gasteiger partial charge in [-0.15, -0.1) is 0 Å². The number of rotatable bonds is 6. The van der Waals surface area contributed by atoms with Crippen molar-refractivity contribution in [1.29, 1.82) is 0 Å². The third kappa shape index (κ3) is 5.65. The van der Waals surface area contributed by atoms with Gasteiger partial charge >= 0.3 is 11.9 Å². The molecular weight excluding hydrogens is 308 g/mol. The number of hydrogen-bond donors (Lipinski definition) is 2. The molecule has 0 saturated heterocycles. The number of allylic oxidation sites excluding steroid dienone is 1. The molecule has 0 bridgehead atoms. The molecule has 0 aliphatic carbocycles. The number of aromatic nitrogens is 2. The van der Waals surface area contributed by atoms with Gasteiger partial charge in [0.05, 0.1) is 13.2 Å². The van der Waals surface area contributed by atoms with Crippen LogP contribution in [0.25, 0.3) is 0 Å². The number of esters is 2. The Morgan fingerprint density at radius 1 is 1.32 bits per heavy atom. The van der Waals surface area contributed by atoms with Crippen LogP contribution in [0.3, 0.4) is 0 Å². The van der Waals surface area contributed by atoms with Crippen LogP contribution in [0.5, 0.6) is 0 Å². The SMILES string of the molecule is CC=CC(=O)OCC(C)(C)COC(=O)c1c[nH]c(=S)[nH]c1=O. The molecule has 0 radical (unpaired) electrons. The minimum atomic E-state index is -0.777. The second kappa shape index (κ2) is 7.69. The molecule has 0 saturated carbocycles. The van der Waals surface area contributed by atoms with E-state index in [4.69, 9.17) is 21.7 Å². The van der Waals surface area contributed by atoms with Gasteiger partial charge in [0.2, 0.25) is 0 Å². The first-order valence-corrected chi connectivity index (χ1v) is 6.94. The van der Waals surface area contributed by atoms with E-state index in [9.17, 15) is 14.4 Å². The van der Waals surface area contributed by atoms with Crippen molar-refractivity contribution in [3.8, 4) is 0 Å². The molecule has 120 valence electrons. The highest BCUT2D eigenvalue weighted by Crippen LogP contribution is 2.16. The van der Waals surface area contributed by atoms with E-state index in [-0.39, 0.29) is 23.5 Å². The van der Waals surface area contributed by atoms with Crippen molar-refractivity contribution in [2.24, 2.45) is 5.41 Å². The summed E-state index contributed by atoms with van der Waals surface area (Å²) in [6, 6.07) is 0. The van der Waals surface area contributed by atoms with E-state index in [1.54, 1.807) is 26.8 Å². The van der Waals surface area contributed by atoms with Crippen molar-refractivity contribution >= 4 is 24.2 Å². The van der Waals surface area contributed by atoms with Gasteiger partial charge in [-0.3, -0.25) is 9.78 Å². The summed E-state index contributed by atoms with van der Waals surface area (Å²) in [7, 11) is 0. The lowest BCUT2D eigenvalue weighted by Crippen LogP contribution is -2.30. The molecule has 0 aliphatic rings. The van der Waals surface area contributed by atoms with E-state index in [2.05, 4.69) is 9.97 Å². The molecule has 0 unspecified atom stereocenters. The van der Waals surface area contributed by atoms with Crippen LogP contribution in [-0.4, -0.2) is 35.1 Å². The topological polar surface area (TPSA) is 101 Å². The highest BCUT2D eigenvalue weighted by Gasteiger charge is 2.23. The van der Waals surface area contributed by atoms with Crippen LogP contribution < -0.4 is 5.56 Å². The number of ether oxygens (including phenoxy) is 2. The fourth-order valence-corrected chi connectivity index (χ4v) is 1.54. The first-order valence-electron chi connectivity index (χ1n) is 6.54. The van der Waals surface area contributed by atoms with E-state index in [1.807, 2.05) is 0 Å². The average molecular weight is 326 g/mol. The van der Waals surface area contributed by atoms with Gasteiger partial charge in [0.1, 0.15) is 5.56 Å². The van der Waals surface area contributed by atoms with Crippen molar-refractivity contribution in [1.82, 2.24) is 9.97 Å². The Balaban J connectivity index is 2.60. The molecule has 0 aromatic carbocycles. The number of aromatic amines is 2. The van der Waals surface area contributed by atoms with E-state index >= 15 is 0 Å². The van der Waals surface area contributed by atoms with Crippen LogP contribution in [0.1, 0.15) is 31.1 Å². The van der Waals surface area contributed by atoms with Crippen molar-refractivity contribution in [3.63, 3.8) is 0 Å². The zero-order chi connectivity index (χ0) is 16.8. The molecule has 0 fully saturated rings. The summed E-state index contributed by atoms with van der Waals surface area (Å²) < 4.78 is 10.2. The molecule has 1 aromatic heterocycles. The lowest BCUT2D eigenvalue weighted by atomic mass is 9.96. The van der Waals surface area contributed by atoms with Crippen LogP contribution in [-0.2, 0) is 14.3 Å². The van der Waals surface area contributed by atoms with E-state index in [0.717, 1.165) is 0 Å². The standard InChI is InChI=1S/C14H18N2O5S/c1-4-5-10(17)20-7-14(2,3)8-21-12(19)9-6-15-13(22)16-11(9)18/h4-6H,7-8H2,1-3H3,(H2,15,16,18,22). The third-order valence-electron chi connectivity index (χ3n) is 2.54. The van der Waals surface area contributed by atoms with E-state index in [1.165, 1.54) is 12.3 Å². The zero-order valence-electron chi connectivity index (χ0n) is 12.6. The second-order valence-electron chi connectivity index (χ2n) is 5.33. The lowest BCUT2D eigenvalue weighted by Gasteiger charge is -2.23. The number of hydrogen-bond acceptors (Lipinski definition) is 6. The summed E-state index contributed by atoms with van der Waals surface area (Å²) in [4.78, 5) is 39.5. The van der Waals surface area contributed by atoms with Gasteiger partial charge in [-0.1, -0.05) is 19.9 Å². The Labute approximate surface area is 132 Å². The van der Waals surface area contributed by atoms with Crippen LogP contribution in [0, 0.1) is 10.2 Å². The summed E-state index contributed by atoms with van der Waals surface area (Å²) >= 11 is 4.73. The molecule has 0 aliphatic heterocycles. The summed E-state index contributed by atoms with van der Waals surface area (Å²) in [5.74, 6) is -1.24. The molecule has 1 heterocycles. The van der Waals surface area contributed by atoms with Crippen molar-refractivity contribution in [2.75, 3.05) is 13.2 Å². The Morgan fingerprint density at radius 3 is 2.55 bits per heavy atom. The molecule has 2 N–H and O–H groups in total. The molecule has 0 amide bonds. The van der Waals surface area contributed by atoms with Crippen LogP contribution in [0.4, 0.5) is 0 Å². The quantitative estimate of drug-likeness (QED) is 0.469. The molecule has 0 spiro atoms. The minimum Gasteiger partial charge on any atom is -0.462 e. The number of H-pyrrole nitrogens is 2. The molecule has 8 heteroatoms. The normalized spacial score (nSPS) is 11.4. The fourth-order valence-electron chi connectivity index (χ4n) is 1.39. The summed E-state index contributed by atoms with van der Waals surface area (Å²) in [5.41, 5.74) is -1.37. The molecule has 22 heavy (non-hydrogen) atoms. The van der Waals surface area contributed by atoms with Gasteiger partial charge in [-0.05, 0) is 19.1 Å². The maximum Gasteiger partial charge on any atom is 0.345 e. The van der Waals surface area contributed by atoms with Crippen molar-refractivity contribution in [3.05, 3.63) is 39.0 Å². The van der Waals surface area contributed by atoms with Crippen LogP contribution in [0.15, 0.2) is 23.1 Å². The smallest absolute Gasteiger partial charge is 0.345 e. The highest BCUT2D eigenvalue weighted by molar-refractivity contribution is 7.71.